The molecular weight excluding hydrogens is 489 g/mol. The first-order valence-electron chi connectivity index (χ1n) is 11.2. The van der Waals surface area contributed by atoms with E-state index in [-0.39, 0.29) is 11.4 Å². The zero-order chi connectivity index (χ0) is 26.4. The van der Waals surface area contributed by atoms with Crippen molar-refractivity contribution in [2.45, 2.75) is 13.1 Å². The van der Waals surface area contributed by atoms with Crippen molar-refractivity contribution in [1.82, 2.24) is 9.97 Å². The molecule has 0 fully saturated rings. The minimum absolute atomic E-state index is 0.210. The number of anilines is 3. The highest BCUT2D eigenvalue weighted by molar-refractivity contribution is 5.94. The van der Waals surface area contributed by atoms with Crippen LogP contribution >= 0.6 is 0 Å². The van der Waals surface area contributed by atoms with E-state index in [4.69, 9.17) is 14.2 Å². The van der Waals surface area contributed by atoms with E-state index in [1.165, 1.54) is 25.6 Å². The van der Waals surface area contributed by atoms with E-state index in [1.54, 1.807) is 12.1 Å². The lowest BCUT2D eigenvalue weighted by molar-refractivity contribution is -0.137. The number of methoxy groups -OCH3 is 1. The second-order valence-corrected chi connectivity index (χ2v) is 7.74. The first kappa shape index (κ1) is 25.5. The quantitative estimate of drug-likeness (QED) is 0.292. The predicted molar refractivity (Wildman–Crippen MR) is 133 cm³/mol. The van der Waals surface area contributed by atoms with Crippen LogP contribution < -0.4 is 24.8 Å². The maximum Gasteiger partial charge on any atom is 0.416 e. The topological polar surface area (TPSA) is 94.6 Å². The van der Waals surface area contributed by atoms with Gasteiger partial charge in [0.15, 0.2) is 18.1 Å². The standard InChI is InChI=1S/C26H23F3N4O4/c1-3-36-19-10-8-18(9-11-19)33-25-20-12-23(22(35-2)13-21(20)30-15-31-25)37-14-24(34)32-17-6-4-16(5-7-17)26(27,28)29/h4-13,15H,3,14H2,1-2H3,(H,32,34)(H,30,31,33). The number of ether oxygens (including phenoxy) is 3. The lowest BCUT2D eigenvalue weighted by Crippen LogP contribution is -2.20. The summed E-state index contributed by atoms with van der Waals surface area (Å²) in [6.07, 6.45) is -3.04. The number of nitrogens with zero attached hydrogens (tertiary/aromatic N) is 2. The van der Waals surface area contributed by atoms with Gasteiger partial charge in [-0.25, -0.2) is 9.97 Å². The number of aromatic nitrogens is 2. The van der Waals surface area contributed by atoms with Gasteiger partial charge in [0.25, 0.3) is 5.91 Å². The number of amides is 1. The van der Waals surface area contributed by atoms with Crippen LogP contribution in [0.25, 0.3) is 10.9 Å². The van der Waals surface area contributed by atoms with Crippen LogP contribution in [-0.4, -0.2) is 36.2 Å². The Bertz CT molecular complexity index is 1380. The molecule has 11 heteroatoms. The minimum Gasteiger partial charge on any atom is -0.494 e. The molecule has 0 radical (unpaired) electrons. The van der Waals surface area contributed by atoms with E-state index in [1.807, 2.05) is 31.2 Å². The fourth-order valence-corrected chi connectivity index (χ4v) is 3.46. The smallest absolute Gasteiger partial charge is 0.416 e. The molecule has 0 aliphatic carbocycles. The first-order valence-corrected chi connectivity index (χ1v) is 11.2. The normalized spacial score (nSPS) is 11.2. The van der Waals surface area contributed by atoms with E-state index in [0.717, 1.165) is 23.6 Å². The van der Waals surface area contributed by atoms with Crippen molar-refractivity contribution in [1.29, 1.82) is 0 Å². The Morgan fingerprint density at radius 1 is 0.919 bits per heavy atom. The van der Waals surface area contributed by atoms with Crippen LogP contribution in [0.1, 0.15) is 12.5 Å². The summed E-state index contributed by atoms with van der Waals surface area (Å²) in [5, 5.41) is 6.36. The van der Waals surface area contributed by atoms with E-state index >= 15 is 0 Å². The van der Waals surface area contributed by atoms with E-state index in [0.29, 0.717) is 29.1 Å². The number of rotatable bonds is 9. The number of alkyl halides is 3. The van der Waals surface area contributed by atoms with Crippen LogP contribution in [-0.2, 0) is 11.0 Å². The molecular formula is C26H23F3N4O4. The lowest BCUT2D eigenvalue weighted by atomic mass is 10.2. The molecule has 1 amide bonds. The molecule has 0 unspecified atom stereocenters. The molecule has 37 heavy (non-hydrogen) atoms. The molecule has 1 aromatic heterocycles. The van der Waals surface area contributed by atoms with Crippen molar-refractivity contribution in [2.24, 2.45) is 0 Å². The molecule has 4 rings (SSSR count). The van der Waals surface area contributed by atoms with Gasteiger partial charge in [-0.15, -0.1) is 0 Å². The van der Waals surface area contributed by atoms with Crippen LogP contribution in [0.15, 0.2) is 67.0 Å². The van der Waals surface area contributed by atoms with Crippen LogP contribution in [0.3, 0.4) is 0 Å². The Morgan fingerprint density at radius 3 is 2.27 bits per heavy atom. The summed E-state index contributed by atoms with van der Waals surface area (Å²) in [5.74, 6) is 1.31. The van der Waals surface area contributed by atoms with Crippen molar-refractivity contribution in [3.8, 4) is 17.2 Å². The maximum absolute atomic E-state index is 12.7. The van der Waals surface area contributed by atoms with Gasteiger partial charge >= 0.3 is 6.18 Å². The predicted octanol–water partition coefficient (Wildman–Crippen LogP) is 5.82. The van der Waals surface area contributed by atoms with Crippen LogP contribution in [0.2, 0.25) is 0 Å². The van der Waals surface area contributed by atoms with E-state index in [9.17, 15) is 18.0 Å². The highest BCUT2D eigenvalue weighted by atomic mass is 19.4. The maximum atomic E-state index is 12.7. The highest BCUT2D eigenvalue weighted by Gasteiger charge is 2.30. The molecule has 0 atom stereocenters. The van der Waals surface area contributed by atoms with Crippen molar-refractivity contribution in [3.05, 3.63) is 72.6 Å². The SMILES string of the molecule is CCOc1ccc(Nc2ncnc3cc(OC)c(OCC(=O)Nc4ccc(C(F)(F)F)cc4)cc23)cc1. The molecule has 2 N–H and O–H groups in total. The number of carbonyl (C=O) groups excluding carboxylic acids is 1. The Morgan fingerprint density at radius 2 is 1.62 bits per heavy atom. The third kappa shape index (κ3) is 6.37. The van der Waals surface area contributed by atoms with Crippen LogP contribution in [0, 0.1) is 0 Å². The molecule has 8 nitrogen and oxygen atoms in total. The Kier molecular flexibility index (Phi) is 7.61. The first-order chi connectivity index (χ1) is 17.8. The van der Waals surface area contributed by atoms with Gasteiger partial charge in [-0.1, -0.05) is 0 Å². The van der Waals surface area contributed by atoms with Gasteiger partial charge in [0.1, 0.15) is 17.9 Å². The number of halogens is 3. The minimum atomic E-state index is -4.46. The summed E-state index contributed by atoms with van der Waals surface area (Å²) in [5.41, 5.74) is 0.765. The molecule has 0 aliphatic heterocycles. The molecule has 3 aromatic carbocycles. The van der Waals surface area contributed by atoms with Crippen molar-refractivity contribution in [2.75, 3.05) is 31.0 Å². The second kappa shape index (κ2) is 11.0. The van der Waals surface area contributed by atoms with Gasteiger partial charge in [-0.2, -0.15) is 13.2 Å². The van der Waals surface area contributed by atoms with Crippen LogP contribution in [0.5, 0.6) is 17.2 Å². The number of carbonyl (C=O) groups is 1. The molecule has 0 saturated heterocycles. The third-order valence-electron chi connectivity index (χ3n) is 5.20. The van der Waals surface area contributed by atoms with E-state index < -0.39 is 24.3 Å². The monoisotopic (exact) mass is 512 g/mol. The van der Waals surface area contributed by atoms with Gasteiger partial charge in [0, 0.05) is 22.8 Å². The average Bonchev–Trinajstić information content (AvgIpc) is 2.88. The summed E-state index contributed by atoms with van der Waals surface area (Å²) in [6, 6.07) is 14.8. The fourth-order valence-electron chi connectivity index (χ4n) is 3.46. The largest absolute Gasteiger partial charge is 0.494 e. The Labute approximate surface area is 210 Å². The van der Waals surface area contributed by atoms with Crippen LogP contribution in [0.4, 0.5) is 30.4 Å². The van der Waals surface area contributed by atoms with Gasteiger partial charge in [-0.3, -0.25) is 4.79 Å². The average molecular weight is 512 g/mol. The van der Waals surface area contributed by atoms with Gasteiger partial charge < -0.3 is 24.8 Å². The molecule has 0 aliphatic rings. The third-order valence-corrected chi connectivity index (χ3v) is 5.20. The summed E-state index contributed by atoms with van der Waals surface area (Å²) < 4.78 is 54.7. The highest BCUT2D eigenvalue weighted by Crippen LogP contribution is 2.35. The number of hydrogen-bond donors (Lipinski definition) is 2. The number of fused-ring (bicyclic) bond motifs is 1. The van der Waals surface area contributed by atoms with Crippen molar-refractivity contribution in [3.63, 3.8) is 0 Å². The number of hydrogen-bond acceptors (Lipinski definition) is 7. The molecule has 0 bridgehead atoms. The van der Waals surface area contributed by atoms with Crippen molar-refractivity contribution >= 4 is 34.0 Å². The zero-order valence-corrected chi connectivity index (χ0v) is 19.9. The summed E-state index contributed by atoms with van der Waals surface area (Å²) in [4.78, 5) is 21.0. The zero-order valence-electron chi connectivity index (χ0n) is 19.9. The van der Waals surface area contributed by atoms with Gasteiger partial charge in [0.05, 0.1) is 24.8 Å². The number of nitrogens with one attached hydrogen (secondary N) is 2. The molecule has 4 aromatic rings. The second-order valence-electron chi connectivity index (χ2n) is 7.74. The summed E-state index contributed by atoms with van der Waals surface area (Å²) >= 11 is 0. The number of benzene rings is 3. The van der Waals surface area contributed by atoms with E-state index in [2.05, 4.69) is 20.6 Å². The summed E-state index contributed by atoms with van der Waals surface area (Å²) in [7, 11) is 1.45. The molecule has 192 valence electrons. The molecule has 1 heterocycles. The Hall–Kier alpha value is -4.54. The fraction of sp³-hybridized carbons (Fsp3) is 0.192. The summed E-state index contributed by atoms with van der Waals surface area (Å²) in [6.45, 7) is 2.07. The molecule has 0 spiro atoms. The Balaban J connectivity index is 1.49. The lowest BCUT2D eigenvalue weighted by Gasteiger charge is -2.14. The van der Waals surface area contributed by atoms with Gasteiger partial charge in [-0.05, 0) is 61.5 Å². The van der Waals surface area contributed by atoms with Crippen molar-refractivity contribution < 1.29 is 32.2 Å². The van der Waals surface area contributed by atoms with Gasteiger partial charge in [0.2, 0.25) is 0 Å². The molecule has 0 saturated carbocycles.